The highest BCUT2D eigenvalue weighted by atomic mass is 32.2. The highest BCUT2D eigenvalue weighted by Crippen LogP contribution is 2.35. The zero-order chi connectivity index (χ0) is 18.8. The van der Waals surface area contributed by atoms with Crippen molar-refractivity contribution >= 4 is 28.6 Å². The number of aromatic nitrogens is 1. The quantitative estimate of drug-likeness (QED) is 0.758. The smallest absolute Gasteiger partial charge is 0.232 e. The topological polar surface area (TPSA) is 75.5 Å². The van der Waals surface area contributed by atoms with E-state index in [4.69, 9.17) is 9.47 Å². The van der Waals surface area contributed by atoms with E-state index in [1.54, 1.807) is 6.07 Å². The zero-order valence-corrected chi connectivity index (χ0v) is 16.1. The van der Waals surface area contributed by atoms with Crippen molar-refractivity contribution in [3.05, 3.63) is 23.8 Å². The molecule has 3 heterocycles. The summed E-state index contributed by atoms with van der Waals surface area (Å²) >= 11 is 1.33. The Labute approximate surface area is 162 Å². The summed E-state index contributed by atoms with van der Waals surface area (Å²) in [6.45, 7) is 4.85. The minimum atomic E-state index is 0.111. The van der Waals surface area contributed by atoms with Crippen molar-refractivity contribution in [2.24, 2.45) is 5.92 Å². The molecule has 27 heavy (non-hydrogen) atoms. The second kappa shape index (κ2) is 7.65. The van der Waals surface area contributed by atoms with Gasteiger partial charge in [-0.1, -0.05) is 18.7 Å². The maximum atomic E-state index is 12.5. The van der Waals surface area contributed by atoms with Crippen LogP contribution in [0.15, 0.2) is 23.2 Å². The molecule has 1 fully saturated rings. The summed E-state index contributed by atoms with van der Waals surface area (Å²) in [6.07, 6.45) is 2.24. The Morgan fingerprint density at radius 3 is 2.85 bits per heavy atom. The number of fused-ring (bicyclic) bond motifs is 2. The van der Waals surface area contributed by atoms with Crippen molar-refractivity contribution in [1.82, 2.24) is 9.88 Å². The van der Waals surface area contributed by atoms with Crippen LogP contribution in [0.4, 0.5) is 0 Å². The van der Waals surface area contributed by atoms with Gasteiger partial charge in [0.15, 0.2) is 11.5 Å². The standard InChI is InChI=1S/C20H21N3O3S/c1-13-3-2-4-23(11-13)19(24)12-27-20-15(10-21)7-14-8-17-18(9-16(14)22-20)26-6-5-25-17/h7-9,13H,2-6,11-12H2,1H3/t13-/m0/s1. The highest BCUT2D eigenvalue weighted by Gasteiger charge is 2.22. The summed E-state index contributed by atoms with van der Waals surface area (Å²) < 4.78 is 11.2. The lowest BCUT2D eigenvalue weighted by Gasteiger charge is -2.30. The number of nitriles is 1. The van der Waals surface area contributed by atoms with Crippen LogP contribution in [0.1, 0.15) is 25.3 Å². The predicted molar refractivity (Wildman–Crippen MR) is 103 cm³/mol. The number of likely N-dealkylation sites (tertiary alicyclic amines) is 1. The number of hydrogen-bond acceptors (Lipinski definition) is 6. The number of ether oxygens (including phenoxy) is 2. The molecule has 1 atom stereocenters. The Morgan fingerprint density at radius 2 is 2.11 bits per heavy atom. The number of nitrogens with zero attached hydrogens (tertiary/aromatic N) is 3. The summed E-state index contributed by atoms with van der Waals surface area (Å²) in [6, 6.07) is 7.69. The van der Waals surface area contributed by atoms with Crippen LogP contribution in [0.3, 0.4) is 0 Å². The number of benzene rings is 1. The monoisotopic (exact) mass is 383 g/mol. The first-order valence-corrected chi connectivity index (χ1v) is 10.2. The number of rotatable bonds is 3. The molecule has 4 rings (SSSR count). The number of carbonyl (C=O) groups is 1. The molecule has 0 saturated carbocycles. The second-order valence-electron chi connectivity index (χ2n) is 7.02. The van der Waals surface area contributed by atoms with Crippen LogP contribution in [-0.2, 0) is 4.79 Å². The number of amides is 1. The van der Waals surface area contributed by atoms with Crippen LogP contribution in [0.2, 0.25) is 0 Å². The maximum absolute atomic E-state index is 12.5. The van der Waals surface area contributed by atoms with Gasteiger partial charge in [-0.2, -0.15) is 5.26 Å². The average Bonchev–Trinajstić information content (AvgIpc) is 2.69. The Morgan fingerprint density at radius 1 is 1.33 bits per heavy atom. The van der Waals surface area contributed by atoms with Gasteiger partial charge < -0.3 is 14.4 Å². The first-order chi connectivity index (χ1) is 13.1. The summed E-state index contributed by atoms with van der Waals surface area (Å²) in [7, 11) is 0. The van der Waals surface area contributed by atoms with E-state index in [2.05, 4.69) is 18.0 Å². The summed E-state index contributed by atoms with van der Waals surface area (Å²) in [4.78, 5) is 19.1. The van der Waals surface area contributed by atoms with Crippen molar-refractivity contribution in [3.8, 4) is 17.6 Å². The molecular weight excluding hydrogens is 362 g/mol. The van der Waals surface area contributed by atoms with Gasteiger partial charge >= 0.3 is 0 Å². The molecule has 6 nitrogen and oxygen atoms in total. The molecule has 0 bridgehead atoms. The fourth-order valence-corrected chi connectivity index (χ4v) is 4.39. The van der Waals surface area contributed by atoms with Crippen LogP contribution in [0.5, 0.6) is 11.5 Å². The first-order valence-electron chi connectivity index (χ1n) is 9.19. The van der Waals surface area contributed by atoms with E-state index < -0.39 is 0 Å². The number of hydrogen-bond donors (Lipinski definition) is 0. The van der Waals surface area contributed by atoms with Crippen molar-refractivity contribution in [2.45, 2.75) is 24.8 Å². The zero-order valence-electron chi connectivity index (χ0n) is 15.2. The molecule has 0 N–H and O–H groups in total. The average molecular weight is 383 g/mol. The lowest BCUT2D eigenvalue weighted by atomic mass is 10.0. The lowest BCUT2D eigenvalue weighted by molar-refractivity contribution is -0.130. The molecule has 2 aliphatic heterocycles. The third-order valence-corrected chi connectivity index (χ3v) is 5.88. The van der Waals surface area contributed by atoms with Crippen molar-refractivity contribution in [1.29, 1.82) is 5.26 Å². The van der Waals surface area contributed by atoms with Gasteiger partial charge in [0.2, 0.25) is 5.91 Å². The molecule has 2 aliphatic rings. The summed E-state index contributed by atoms with van der Waals surface area (Å²) in [5.41, 5.74) is 1.21. The Hall–Kier alpha value is -2.46. The van der Waals surface area contributed by atoms with Crippen LogP contribution in [0, 0.1) is 17.2 Å². The van der Waals surface area contributed by atoms with Gasteiger partial charge in [0.05, 0.1) is 16.8 Å². The number of carbonyl (C=O) groups excluding carboxylic acids is 1. The normalized spacial score (nSPS) is 19.0. The van der Waals surface area contributed by atoms with E-state index in [0.717, 1.165) is 30.4 Å². The fraction of sp³-hybridized carbons (Fsp3) is 0.450. The molecule has 0 spiro atoms. The van der Waals surface area contributed by atoms with E-state index in [1.807, 2.05) is 17.0 Å². The molecule has 2 aromatic rings. The molecule has 1 saturated heterocycles. The van der Waals surface area contributed by atoms with Gasteiger partial charge in [-0.25, -0.2) is 4.98 Å². The van der Waals surface area contributed by atoms with Crippen molar-refractivity contribution < 1.29 is 14.3 Å². The predicted octanol–water partition coefficient (Wildman–Crippen LogP) is 3.23. The van der Waals surface area contributed by atoms with Crippen LogP contribution in [-0.4, -0.2) is 47.8 Å². The second-order valence-corrected chi connectivity index (χ2v) is 7.98. The number of piperidine rings is 1. The Kier molecular flexibility index (Phi) is 5.08. The third kappa shape index (κ3) is 3.81. The van der Waals surface area contributed by atoms with Crippen molar-refractivity contribution in [3.63, 3.8) is 0 Å². The largest absolute Gasteiger partial charge is 0.486 e. The Bertz CT molecular complexity index is 925. The third-order valence-electron chi connectivity index (χ3n) is 4.91. The molecule has 1 aromatic carbocycles. The van der Waals surface area contributed by atoms with E-state index in [-0.39, 0.29) is 5.91 Å². The van der Waals surface area contributed by atoms with E-state index in [0.29, 0.717) is 47.0 Å². The number of thioether (sulfide) groups is 1. The highest BCUT2D eigenvalue weighted by molar-refractivity contribution is 8.00. The van der Waals surface area contributed by atoms with Gasteiger partial charge in [0.25, 0.3) is 0 Å². The van der Waals surface area contributed by atoms with Gasteiger partial charge in [-0.15, -0.1) is 0 Å². The fourth-order valence-electron chi connectivity index (χ4n) is 3.52. The van der Waals surface area contributed by atoms with Gasteiger partial charge in [-0.05, 0) is 30.9 Å². The SMILES string of the molecule is C[C@H]1CCCN(C(=O)CSc2nc3cc4c(cc3cc2C#N)OCCO4)C1. The van der Waals surface area contributed by atoms with Crippen molar-refractivity contribution in [2.75, 3.05) is 32.1 Å². The van der Waals surface area contributed by atoms with Crippen LogP contribution < -0.4 is 9.47 Å². The minimum absolute atomic E-state index is 0.111. The molecule has 7 heteroatoms. The van der Waals surface area contributed by atoms with Gasteiger partial charge in [0.1, 0.15) is 24.3 Å². The van der Waals surface area contributed by atoms with E-state index >= 15 is 0 Å². The van der Waals surface area contributed by atoms with Gasteiger partial charge in [0, 0.05) is 24.5 Å². The molecular formula is C20H21N3O3S. The lowest BCUT2D eigenvalue weighted by Crippen LogP contribution is -2.40. The summed E-state index contributed by atoms with van der Waals surface area (Å²) in [5, 5.41) is 10.9. The molecule has 140 valence electrons. The van der Waals surface area contributed by atoms with Crippen LogP contribution >= 0.6 is 11.8 Å². The minimum Gasteiger partial charge on any atom is -0.486 e. The molecule has 1 amide bonds. The molecule has 1 aromatic heterocycles. The molecule has 0 unspecified atom stereocenters. The first kappa shape index (κ1) is 17.9. The number of pyridine rings is 1. The maximum Gasteiger partial charge on any atom is 0.232 e. The van der Waals surface area contributed by atoms with Crippen LogP contribution in [0.25, 0.3) is 10.9 Å². The summed E-state index contributed by atoms with van der Waals surface area (Å²) in [5.74, 6) is 2.30. The molecule has 0 radical (unpaired) electrons. The van der Waals surface area contributed by atoms with E-state index in [9.17, 15) is 10.1 Å². The van der Waals surface area contributed by atoms with E-state index in [1.165, 1.54) is 18.2 Å². The Balaban J connectivity index is 1.55. The van der Waals surface area contributed by atoms with Gasteiger partial charge in [-0.3, -0.25) is 4.79 Å². The molecule has 0 aliphatic carbocycles.